The van der Waals surface area contributed by atoms with E-state index in [0.717, 1.165) is 24.3 Å². The Hall–Kier alpha value is -2.49. The van der Waals surface area contributed by atoms with E-state index in [9.17, 15) is 24.1 Å². The first-order valence-corrected chi connectivity index (χ1v) is 13.0. The molecule has 0 saturated heterocycles. The van der Waals surface area contributed by atoms with Gasteiger partial charge in [-0.1, -0.05) is 30.0 Å². The van der Waals surface area contributed by atoms with Crippen molar-refractivity contribution in [2.24, 2.45) is 0 Å². The van der Waals surface area contributed by atoms with Crippen LogP contribution in [0.25, 0.3) is 11.2 Å². The van der Waals surface area contributed by atoms with E-state index >= 15 is 0 Å². The van der Waals surface area contributed by atoms with Crippen molar-refractivity contribution in [3.8, 4) is 0 Å². The SMILES string of the molecule is CCCSc1nc(N[C@]2(O)C[C@H]2c2ccc(F)c(F)c2)c2nnn([C@@H]3C[C@H](OCCO)[C@@H](O)[C@H]3O)c2n1. The van der Waals surface area contributed by atoms with Crippen LogP contribution in [-0.4, -0.2) is 88.4 Å². The van der Waals surface area contributed by atoms with Crippen LogP contribution < -0.4 is 5.32 Å². The maximum atomic E-state index is 13.8. The minimum atomic E-state index is -1.46. The van der Waals surface area contributed by atoms with Crippen LogP contribution in [-0.2, 0) is 4.74 Å². The molecule has 0 unspecified atom stereocenters. The zero-order valence-corrected chi connectivity index (χ0v) is 20.8. The van der Waals surface area contributed by atoms with Crippen molar-refractivity contribution < 1.29 is 33.9 Å². The number of hydrogen-bond acceptors (Lipinski definition) is 11. The lowest BCUT2D eigenvalue weighted by Gasteiger charge is -2.17. The second kappa shape index (κ2) is 10.3. The summed E-state index contributed by atoms with van der Waals surface area (Å²) in [5.41, 5.74) is -0.482. The number of nitrogens with zero attached hydrogens (tertiary/aromatic N) is 5. The average Bonchev–Trinajstić information content (AvgIpc) is 3.22. The van der Waals surface area contributed by atoms with E-state index in [2.05, 4.69) is 25.6 Å². The van der Waals surface area contributed by atoms with Crippen LogP contribution >= 0.6 is 11.8 Å². The summed E-state index contributed by atoms with van der Waals surface area (Å²) in [6, 6.07) is 2.82. The number of fused-ring (bicyclic) bond motifs is 1. The smallest absolute Gasteiger partial charge is 0.191 e. The molecule has 2 fully saturated rings. The number of anilines is 1. The second-order valence-electron chi connectivity index (χ2n) is 9.31. The number of thioether (sulfide) groups is 1. The zero-order chi connectivity index (χ0) is 26.3. The number of hydrogen-bond donors (Lipinski definition) is 5. The zero-order valence-electron chi connectivity index (χ0n) is 20.0. The van der Waals surface area contributed by atoms with Gasteiger partial charge in [0, 0.05) is 24.5 Å². The Morgan fingerprint density at radius 2 is 2.03 bits per heavy atom. The molecule has 0 radical (unpaired) electrons. The molecular formula is C23H28F2N6O5S. The van der Waals surface area contributed by atoms with Crippen LogP contribution in [0.15, 0.2) is 23.4 Å². The molecule has 0 spiro atoms. The van der Waals surface area contributed by atoms with Crippen molar-refractivity contribution in [3.05, 3.63) is 35.4 Å². The molecule has 14 heteroatoms. The highest BCUT2D eigenvalue weighted by Gasteiger charge is 2.55. The standard InChI is InChI=1S/C23H28F2N6O5S/c1-2-7-37-22-26-20(28-23(35)10-12(23)11-3-4-13(24)14(25)8-11)17-21(27-22)31(30-29-17)15-9-16(36-6-5-32)19(34)18(15)33/h3-4,8,12,15-16,18-19,32-35H,2,5-7,9-10H2,1H3,(H,26,27,28)/t12-,15+,16-,18-,19+,23-/m0/s1. The molecule has 5 N–H and O–H groups in total. The van der Waals surface area contributed by atoms with Gasteiger partial charge in [-0.25, -0.2) is 23.4 Å². The number of nitrogens with one attached hydrogen (secondary N) is 1. The first kappa shape index (κ1) is 26.1. The second-order valence-corrected chi connectivity index (χ2v) is 10.4. The minimum Gasteiger partial charge on any atom is -0.394 e. The van der Waals surface area contributed by atoms with E-state index < -0.39 is 47.6 Å². The highest BCUT2D eigenvalue weighted by atomic mass is 32.2. The summed E-state index contributed by atoms with van der Waals surface area (Å²) < 4.78 is 34.0. The number of rotatable bonds is 10. The third kappa shape index (κ3) is 5.01. The molecule has 3 aromatic rings. The van der Waals surface area contributed by atoms with Crippen molar-refractivity contribution in [1.29, 1.82) is 0 Å². The molecule has 6 atom stereocenters. The first-order chi connectivity index (χ1) is 17.8. The maximum absolute atomic E-state index is 13.8. The molecule has 0 aliphatic heterocycles. The molecule has 1 aromatic carbocycles. The first-order valence-electron chi connectivity index (χ1n) is 12.1. The highest BCUT2D eigenvalue weighted by Crippen LogP contribution is 2.52. The Balaban J connectivity index is 1.46. The van der Waals surface area contributed by atoms with Crippen molar-refractivity contribution >= 4 is 28.7 Å². The maximum Gasteiger partial charge on any atom is 0.191 e. The van der Waals surface area contributed by atoms with E-state index in [0.29, 0.717) is 16.4 Å². The lowest BCUT2D eigenvalue weighted by molar-refractivity contribution is -0.0629. The third-order valence-electron chi connectivity index (χ3n) is 6.69. The summed E-state index contributed by atoms with van der Waals surface area (Å²) >= 11 is 1.40. The molecule has 0 bridgehead atoms. The number of aliphatic hydroxyl groups is 4. The quantitative estimate of drug-likeness (QED) is 0.144. The predicted molar refractivity (Wildman–Crippen MR) is 129 cm³/mol. The fraction of sp³-hybridized carbons (Fsp3) is 0.565. The molecule has 11 nitrogen and oxygen atoms in total. The number of benzene rings is 1. The van der Waals surface area contributed by atoms with Crippen LogP contribution in [0.4, 0.5) is 14.6 Å². The largest absolute Gasteiger partial charge is 0.394 e. The van der Waals surface area contributed by atoms with Gasteiger partial charge in [0.1, 0.15) is 17.9 Å². The van der Waals surface area contributed by atoms with Crippen molar-refractivity contribution in [1.82, 2.24) is 25.0 Å². The van der Waals surface area contributed by atoms with Crippen LogP contribution in [0, 0.1) is 11.6 Å². The lowest BCUT2D eigenvalue weighted by atomic mass is 10.1. The number of aliphatic hydroxyl groups excluding tert-OH is 3. The molecule has 0 amide bonds. The van der Waals surface area contributed by atoms with E-state index in [1.54, 1.807) is 0 Å². The van der Waals surface area contributed by atoms with Crippen LogP contribution in [0.2, 0.25) is 0 Å². The Labute approximate surface area is 214 Å². The van der Waals surface area contributed by atoms with Gasteiger partial charge in [0.2, 0.25) is 0 Å². The van der Waals surface area contributed by atoms with Gasteiger partial charge in [-0.15, -0.1) is 5.10 Å². The van der Waals surface area contributed by atoms with Gasteiger partial charge in [0.25, 0.3) is 0 Å². The Kier molecular flexibility index (Phi) is 7.31. The van der Waals surface area contributed by atoms with E-state index in [4.69, 9.17) is 9.84 Å². The normalized spacial score (nSPS) is 29.2. The van der Waals surface area contributed by atoms with Gasteiger partial charge in [0.15, 0.2) is 33.8 Å². The van der Waals surface area contributed by atoms with Gasteiger partial charge < -0.3 is 30.5 Å². The van der Waals surface area contributed by atoms with Gasteiger partial charge >= 0.3 is 0 Å². The summed E-state index contributed by atoms with van der Waals surface area (Å²) in [4.78, 5) is 9.10. The number of aromatic nitrogens is 5. The van der Waals surface area contributed by atoms with E-state index in [1.165, 1.54) is 22.5 Å². The fourth-order valence-corrected chi connectivity index (χ4v) is 5.37. The molecule has 200 valence electrons. The van der Waals surface area contributed by atoms with Gasteiger partial charge in [0.05, 0.1) is 25.4 Å². The Morgan fingerprint density at radius 3 is 2.76 bits per heavy atom. The number of halogens is 2. The molecule has 2 aliphatic carbocycles. The van der Waals surface area contributed by atoms with E-state index in [-0.39, 0.29) is 37.4 Å². The molecule has 2 heterocycles. The summed E-state index contributed by atoms with van der Waals surface area (Å²) in [5.74, 6) is -1.50. The average molecular weight is 539 g/mol. The summed E-state index contributed by atoms with van der Waals surface area (Å²) in [6.07, 6.45) is -1.78. The van der Waals surface area contributed by atoms with Crippen molar-refractivity contribution in [2.75, 3.05) is 24.3 Å². The molecule has 37 heavy (non-hydrogen) atoms. The molecular weight excluding hydrogens is 510 g/mol. The molecule has 2 saturated carbocycles. The fourth-order valence-electron chi connectivity index (χ4n) is 4.68. The minimum absolute atomic E-state index is 0.0189. The van der Waals surface area contributed by atoms with Crippen molar-refractivity contribution in [3.63, 3.8) is 0 Å². The van der Waals surface area contributed by atoms with Crippen LogP contribution in [0.1, 0.15) is 43.7 Å². The topological polar surface area (TPSA) is 159 Å². The number of ether oxygens (including phenoxy) is 1. The van der Waals surface area contributed by atoms with Crippen LogP contribution in [0.5, 0.6) is 0 Å². The van der Waals surface area contributed by atoms with Gasteiger partial charge in [-0.2, -0.15) is 0 Å². The Morgan fingerprint density at radius 1 is 1.22 bits per heavy atom. The van der Waals surface area contributed by atoms with Crippen LogP contribution in [0.3, 0.4) is 0 Å². The monoisotopic (exact) mass is 538 g/mol. The highest BCUT2D eigenvalue weighted by molar-refractivity contribution is 7.99. The third-order valence-corrected chi connectivity index (χ3v) is 7.74. The summed E-state index contributed by atoms with van der Waals surface area (Å²) in [7, 11) is 0. The van der Waals surface area contributed by atoms with E-state index in [1.807, 2.05) is 6.92 Å². The molecule has 5 rings (SSSR count). The van der Waals surface area contributed by atoms with Gasteiger partial charge in [-0.3, -0.25) is 0 Å². The Bertz CT molecular complexity index is 1280. The lowest BCUT2D eigenvalue weighted by Crippen LogP contribution is -2.33. The summed E-state index contributed by atoms with van der Waals surface area (Å²) in [6.45, 7) is 1.81. The predicted octanol–water partition coefficient (Wildman–Crippen LogP) is 1.33. The van der Waals surface area contributed by atoms with Crippen molar-refractivity contribution in [2.45, 2.75) is 67.3 Å². The molecule has 2 aliphatic rings. The van der Waals surface area contributed by atoms with Gasteiger partial charge in [-0.05, 0) is 24.1 Å². The summed E-state index contributed by atoms with van der Waals surface area (Å²) in [5, 5.41) is 53.1. The molecule has 2 aromatic heterocycles.